The number of nitrogen functional groups attached to an aromatic ring is 1. The predicted octanol–water partition coefficient (Wildman–Crippen LogP) is 1.57. The van der Waals surface area contributed by atoms with E-state index in [1.165, 1.54) is 0 Å². The third kappa shape index (κ3) is 3.98. The summed E-state index contributed by atoms with van der Waals surface area (Å²) < 4.78 is 0. The Morgan fingerprint density at radius 1 is 1.24 bits per heavy atom. The van der Waals surface area contributed by atoms with Crippen LogP contribution in [0.5, 0.6) is 0 Å². The lowest BCUT2D eigenvalue weighted by molar-refractivity contribution is -0.128. The zero-order valence-corrected chi connectivity index (χ0v) is 10.8. The van der Waals surface area contributed by atoms with Gasteiger partial charge < -0.3 is 15.5 Å². The van der Waals surface area contributed by atoms with Gasteiger partial charge in [0.05, 0.1) is 0 Å². The average Bonchev–Trinajstić information content (AvgIpc) is 2.31. The number of hydrogen-bond acceptors (Lipinski definition) is 3. The molecule has 0 bridgehead atoms. The monoisotopic (exact) mass is 235 g/mol. The molecule has 0 aliphatic heterocycles. The molecule has 0 saturated carbocycles. The zero-order chi connectivity index (χ0) is 12.8. The summed E-state index contributed by atoms with van der Waals surface area (Å²) in [5, 5.41) is 0. The minimum Gasteiger partial charge on any atom is -0.399 e. The van der Waals surface area contributed by atoms with E-state index in [-0.39, 0.29) is 5.91 Å². The van der Waals surface area contributed by atoms with Gasteiger partial charge in [-0.15, -0.1) is 0 Å². The lowest BCUT2D eigenvalue weighted by Gasteiger charge is -2.23. The molecular formula is C13H21N3O. The number of carbonyl (C=O) groups is 1. The van der Waals surface area contributed by atoms with Crippen LogP contribution in [-0.4, -0.2) is 38.0 Å². The van der Waals surface area contributed by atoms with E-state index < -0.39 is 0 Å². The van der Waals surface area contributed by atoms with Crippen LogP contribution < -0.4 is 10.6 Å². The summed E-state index contributed by atoms with van der Waals surface area (Å²) in [6.45, 7) is 3.69. The number of amides is 1. The average molecular weight is 235 g/mol. The van der Waals surface area contributed by atoms with E-state index in [9.17, 15) is 4.79 Å². The molecule has 0 saturated heterocycles. The summed E-state index contributed by atoms with van der Waals surface area (Å²) in [7, 11) is 3.56. The third-order valence-corrected chi connectivity index (χ3v) is 2.73. The molecule has 0 unspecified atom stereocenters. The molecule has 0 aromatic heterocycles. The Balaban J connectivity index is 2.60. The minimum absolute atomic E-state index is 0.152. The molecule has 17 heavy (non-hydrogen) atoms. The maximum absolute atomic E-state index is 11.5. The Kier molecular flexibility index (Phi) is 4.82. The van der Waals surface area contributed by atoms with Crippen LogP contribution in [0.15, 0.2) is 24.3 Å². The van der Waals surface area contributed by atoms with E-state index >= 15 is 0 Å². The molecule has 1 aromatic carbocycles. The molecule has 0 spiro atoms. The van der Waals surface area contributed by atoms with E-state index in [0.29, 0.717) is 6.42 Å². The maximum atomic E-state index is 11.5. The highest BCUT2D eigenvalue weighted by Crippen LogP contribution is 2.16. The van der Waals surface area contributed by atoms with Crippen molar-refractivity contribution in [2.24, 2.45) is 0 Å². The lowest BCUT2D eigenvalue weighted by Crippen LogP contribution is -2.30. The standard InChI is InChI=1S/C13H21N3O/c1-4-16(10-9-13(17)15(2)3)12-7-5-11(14)6-8-12/h5-8H,4,9-10,14H2,1-3H3. The SMILES string of the molecule is CCN(CCC(=O)N(C)C)c1ccc(N)cc1. The Morgan fingerprint density at radius 2 is 1.82 bits per heavy atom. The van der Waals surface area contributed by atoms with Crippen molar-refractivity contribution in [3.05, 3.63) is 24.3 Å². The maximum Gasteiger partial charge on any atom is 0.223 e. The number of hydrogen-bond donors (Lipinski definition) is 1. The van der Waals surface area contributed by atoms with Gasteiger partial charge in [-0.05, 0) is 31.2 Å². The largest absolute Gasteiger partial charge is 0.399 e. The van der Waals surface area contributed by atoms with Gasteiger partial charge in [-0.2, -0.15) is 0 Å². The topological polar surface area (TPSA) is 49.6 Å². The van der Waals surface area contributed by atoms with Gasteiger partial charge in [0.2, 0.25) is 5.91 Å². The fourth-order valence-electron chi connectivity index (χ4n) is 1.61. The van der Waals surface area contributed by atoms with Crippen LogP contribution in [0, 0.1) is 0 Å². The second kappa shape index (κ2) is 6.13. The van der Waals surface area contributed by atoms with Crippen LogP contribution in [0.3, 0.4) is 0 Å². The fraction of sp³-hybridized carbons (Fsp3) is 0.462. The quantitative estimate of drug-likeness (QED) is 0.788. The van der Waals surface area contributed by atoms with Crippen molar-refractivity contribution in [1.29, 1.82) is 0 Å². The minimum atomic E-state index is 0.152. The van der Waals surface area contributed by atoms with Crippen molar-refractivity contribution in [3.8, 4) is 0 Å². The summed E-state index contributed by atoms with van der Waals surface area (Å²) in [5.74, 6) is 0.152. The van der Waals surface area contributed by atoms with Crippen molar-refractivity contribution in [2.75, 3.05) is 37.8 Å². The highest BCUT2D eigenvalue weighted by Gasteiger charge is 2.08. The van der Waals surface area contributed by atoms with Crippen LogP contribution in [0.1, 0.15) is 13.3 Å². The van der Waals surface area contributed by atoms with E-state index in [2.05, 4.69) is 11.8 Å². The summed E-state index contributed by atoms with van der Waals surface area (Å²) in [5.41, 5.74) is 7.51. The molecule has 0 radical (unpaired) electrons. The number of benzene rings is 1. The van der Waals surface area contributed by atoms with Crippen molar-refractivity contribution in [3.63, 3.8) is 0 Å². The smallest absolute Gasteiger partial charge is 0.223 e. The molecule has 0 atom stereocenters. The Bertz CT molecular complexity index is 359. The van der Waals surface area contributed by atoms with Crippen molar-refractivity contribution >= 4 is 17.3 Å². The van der Waals surface area contributed by atoms with E-state index in [0.717, 1.165) is 24.5 Å². The molecule has 0 aliphatic rings. The predicted molar refractivity (Wildman–Crippen MR) is 72.1 cm³/mol. The second-order valence-corrected chi connectivity index (χ2v) is 4.21. The van der Waals surface area contributed by atoms with Crippen LogP contribution in [0.4, 0.5) is 11.4 Å². The second-order valence-electron chi connectivity index (χ2n) is 4.21. The molecular weight excluding hydrogens is 214 g/mol. The molecule has 0 fully saturated rings. The fourth-order valence-corrected chi connectivity index (χ4v) is 1.61. The van der Waals surface area contributed by atoms with E-state index in [4.69, 9.17) is 5.73 Å². The van der Waals surface area contributed by atoms with Crippen LogP contribution in [0.25, 0.3) is 0 Å². The first-order chi connectivity index (χ1) is 8.04. The zero-order valence-electron chi connectivity index (χ0n) is 10.8. The van der Waals surface area contributed by atoms with Gasteiger partial charge in [0.25, 0.3) is 0 Å². The summed E-state index contributed by atoms with van der Waals surface area (Å²) >= 11 is 0. The summed E-state index contributed by atoms with van der Waals surface area (Å²) in [6, 6.07) is 7.73. The normalized spacial score (nSPS) is 10.1. The van der Waals surface area contributed by atoms with E-state index in [1.54, 1.807) is 19.0 Å². The van der Waals surface area contributed by atoms with Crippen molar-refractivity contribution in [1.82, 2.24) is 4.90 Å². The number of nitrogens with two attached hydrogens (primary N) is 1. The first-order valence-corrected chi connectivity index (χ1v) is 5.85. The van der Waals surface area contributed by atoms with Gasteiger partial charge >= 0.3 is 0 Å². The van der Waals surface area contributed by atoms with Gasteiger partial charge in [-0.3, -0.25) is 4.79 Å². The third-order valence-electron chi connectivity index (χ3n) is 2.73. The van der Waals surface area contributed by atoms with Crippen LogP contribution >= 0.6 is 0 Å². The molecule has 0 heterocycles. The molecule has 1 rings (SSSR count). The van der Waals surface area contributed by atoms with Crippen LogP contribution in [-0.2, 0) is 4.79 Å². The van der Waals surface area contributed by atoms with Gasteiger partial charge in [0.15, 0.2) is 0 Å². The summed E-state index contributed by atoms with van der Waals surface area (Å²) in [4.78, 5) is 15.3. The van der Waals surface area contributed by atoms with Crippen molar-refractivity contribution < 1.29 is 4.79 Å². The number of anilines is 2. The number of nitrogens with zero attached hydrogens (tertiary/aromatic N) is 2. The Hall–Kier alpha value is -1.71. The molecule has 2 N–H and O–H groups in total. The first-order valence-electron chi connectivity index (χ1n) is 5.85. The number of rotatable bonds is 5. The Morgan fingerprint density at radius 3 is 2.29 bits per heavy atom. The molecule has 4 heteroatoms. The molecule has 94 valence electrons. The van der Waals surface area contributed by atoms with Gasteiger partial charge in [0.1, 0.15) is 0 Å². The van der Waals surface area contributed by atoms with Gasteiger partial charge in [0, 0.05) is 45.0 Å². The highest BCUT2D eigenvalue weighted by atomic mass is 16.2. The van der Waals surface area contributed by atoms with Crippen molar-refractivity contribution in [2.45, 2.75) is 13.3 Å². The lowest BCUT2D eigenvalue weighted by atomic mass is 10.2. The molecule has 1 amide bonds. The molecule has 4 nitrogen and oxygen atoms in total. The summed E-state index contributed by atoms with van der Waals surface area (Å²) in [6.07, 6.45) is 0.533. The first kappa shape index (κ1) is 13.4. The molecule has 1 aromatic rings. The van der Waals surface area contributed by atoms with Crippen LogP contribution in [0.2, 0.25) is 0 Å². The van der Waals surface area contributed by atoms with Gasteiger partial charge in [-0.1, -0.05) is 0 Å². The molecule has 0 aliphatic carbocycles. The highest BCUT2D eigenvalue weighted by molar-refractivity contribution is 5.76. The van der Waals surface area contributed by atoms with E-state index in [1.807, 2.05) is 24.3 Å². The number of carbonyl (C=O) groups excluding carboxylic acids is 1. The van der Waals surface area contributed by atoms with Gasteiger partial charge in [-0.25, -0.2) is 0 Å². The Labute approximate surface area is 103 Å².